The second kappa shape index (κ2) is 4.76. The molecule has 1 unspecified atom stereocenters. The van der Waals surface area contributed by atoms with Crippen molar-refractivity contribution in [3.63, 3.8) is 0 Å². The lowest BCUT2D eigenvalue weighted by atomic mass is 10.1. The number of hydrogen-bond donors (Lipinski definition) is 2. The maximum Gasteiger partial charge on any atom is 0.157 e. The van der Waals surface area contributed by atoms with Crippen LogP contribution in [0.5, 0.6) is 5.75 Å². The Labute approximate surface area is 95.5 Å². The highest BCUT2D eigenvalue weighted by molar-refractivity contribution is 5.25. The summed E-state index contributed by atoms with van der Waals surface area (Å²) in [5, 5.41) is 13.1. The van der Waals surface area contributed by atoms with Gasteiger partial charge in [0.2, 0.25) is 0 Å². The fourth-order valence-electron chi connectivity index (χ4n) is 2.03. The summed E-state index contributed by atoms with van der Waals surface area (Å²) in [4.78, 5) is 10.6. The molecule has 88 valence electrons. The van der Waals surface area contributed by atoms with E-state index in [9.17, 15) is 5.11 Å². The van der Waals surface area contributed by atoms with Gasteiger partial charge in [0, 0.05) is 26.2 Å². The van der Waals surface area contributed by atoms with E-state index in [0.717, 1.165) is 31.9 Å². The van der Waals surface area contributed by atoms with Crippen LogP contribution in [0.2, 0.25) is 0 Å². The standard InChI is InChI=1S/C11H18N4O/c1-8(15-5-3-12-4-6-15)11-10(16)7-13-9(2)14-11/h7-8,12,16H,3-6H2,1-2H3. The quantitative estimate of drug-likeness (QED) is 0.761. The Balaban J connectivity index is 2.18. The molecular weight excluding hydrogens is 204 g/mol. The van der Waals surface area contributed by atoms with Crippen LogP contribution in [0.15, 0.2) is 6.20 Å². The summed E-state index contributed by atoms with van der Waals surface area (Å²) in [6, 6.07) is 0.142. The highest BCUT2D eigenvalue weighted by atomic mass is 16.3. The lowest BCUT2D eigenvalue weighted by Gasteiger charge is -2.32. The van der Waals surface area contributed by atoms with Crippen molar-refractivity contribution in [3.05, 3.63) is 17.7 Å². The molecule has 1 saturated heterocycles. The maximum absolute atomic E-state index is 9.77. The van der Waals surface area contributed by atoms with Gasteiger partial charge in [0.15, 0.2) is 5.75 Å². The number of hydrogen-bond acceptors (Lipinski definition) is 5. The first-order chi connectivity index (χ1) is 7.68. The molecule has 0 saturated carbocycles. The van der Waals surface area contributed by atoms with Gasteiger partial charge in [-0.25, -0.2) is 9.97 Å². The molecule has 5 heteroatoms. The molecule has 1 aromatic rings. The average molecular weight is 222 g/mol. The van der Waals surface area contributed by atoms with Crippen LogP contribution in [-0.2, 0) is 0 Å². The van der Waals surface area contributed by atoms with Gasteiger partial charge in [-0.1, -0.05) is 0 Å². The highest BCUT2D eigenvalue weighted by Gasteiger charge is 2.21. The van der Waals surface area contributed by atoms with Gasteiger partial charge in [0.1, 0.15) is 11.5 Å². The van der Waals surface area contributed by atoms with E-state index in [2.05, 4.69) is 27.1 Å². The predicted octanol–water partition coefficient (Wildman–Crippen LogP) is 0.457. The molecule has 2 N–H and O–H groups in total. The van der Waals surface area contributed by atoms with Gasteiger partial charge < -0.3 is 10.4 Å². The van der Waals surface area contributed by atoms with Crippen molar-refractivity contribution in [2.24, 2.45) is 0 Å². The summed E-state index contributed by atoms with van der Waals surface area (Å²) in [5.41, 5.74) is 0.731. The van der Waals surface area contributed by atoms with Crippen molar-refractivity contribution in [2.45, 2.75) is 19.9 Å². The Hall–Kier alpha value is -1.20. The number of nitrogens with one attached hydrogen (secondary N) is 1. The van der Waals surface area contributed by atoms with Gasteiger partial charge in [-0.05, 0) is 13.8 Å². The van der Waals surface area contributed by atoms with Crippen LogP contribution < -0.4 is 5.32 Å². The second-order valence-corrected chi connectivity index (χ2v) is 4.15. The molecule has 1 aliphatic heterocycles. The van der Waals surface area contributed by atoms with Crippen LogP contribution in [0, 0.1) is 6.92 Å². The molecule has 0 amide bonds. The number of rotatable bonds is 2. The van der Waals surface area contributed by atoms with Crippen molar-refractivity contribution >= 4 is 0 Å². The van der Waals surface area contributed by atoms with Crippen LogP contribution in [0.25, 0.3) is 0 Å². The van der Waals surface area contributed by atoms with E-state index in [0.29, 0.717) is 5.82 Å². The van der Waals surface area contributed by atoms with E-state index < -0.39 is 0 Å². The number of aromatic nitrogens is 2. The smallest absolute Gasteiger partial charge is 0.157 e. The molecule has 0 spiro atoms. The number of aromatic hydroxyl groups is 1. The molecule has 5 nitrogen and oxygen atoms in total. The summed E-state index contributed by atoms with van der Waals surface area (Å²) in [7, 11) is 0. The first kappa shape index (κ1) is 11.3. The third-order valence-electron chi connectivity index (χ3n) is 3.01. The third-order valence-corrected chi connectivity index (χ3v) is 3.01. The van der Waals surface area contributed by atoms with Crippen molar-refractivity contribution in [1.29, 1.82) is 0 Å². The molecule has 1 fully saturated rings. The molecule has 2 rings (SSSR count). The monoisotopic (exact) mass is 222 g/mol. The van der Waals surface area contributed by atoms with E-state index in [-0.39, 0.29) is 11.8 Å². The Kier molecular flexibility index (Phi) is 3.36. The topological polar surface area (TPSA) is 61.3 Å². The fourth-order valence-corrected chi connectivity index (χ4v) is 2.03. The number of aryl methyl sites for hydroxylation is 1. The van der Waals surface area contributed by atoms with Crippen LogP contribution >= 0.6 is 0 Å². The van der Waals surface area contributed by atoms with Gasteiger partial charge in [0.05, 0.1) is 12.2 Å². The normalized spacial score (nSPS) is 19.6. The lowest BCUT2D eigenvalue weighted by Crippen LogP contribution is -2.44. The minimum absolute atomic E-state index is 0.142. The largest absolute Gasteiger partial charge is 0.504 e. The van der Waals surface area contributed by atoms with Crippen molar-refractivity contribution < 1.29 is 5.11 Å². The van der Waals surface area contributed by atoms with Crippen LogP contribution in [0.3, 0.4) is 0 Å². The third kappa shape index (κ3) is 2.31. The van der Waals surface area contributed by atoms with Crippen LogP contribution in [0.1, 0.15) is 24.5 Å². The van der Waals surface area contributed by atoms with Crippen LogP contribution in [-0.4, -0.2) is 46.2 Å². The fraction of sp³-hybridized carbons (Fsp3) is 0.636. The number of nitrogens with zero attached hydrogens (tertiary/aromatic N) is 3. The molecule has 0 aromatic carbocycles. The molecule has 0 aliphatic carbocycles. The van der Waals surface area contributed by atoms with E-state index in [1.165, 1.54) is 6.20 Å². The minimum atomic E-state index is 0.142. The first-order valence-corrected chi connectivity index (χ1v) is 5.66. The highest BCUT2D eigenvalue weighted by Crippen LogP contribution is 2.25. The average Bonchev–Trinajstić information content (AvgIpc) is 2.32. The lowest BCUT2D eigenvalue weighted by molar-refractivity contribution is 0.179. The Morgan fingerprint density at radius 2 is 2.12 bits per heavy atom. The van der Waals surface area contributed by atoms with E-state index in [4.69, 9.17) is 0 Å². The number of piperazine rings is 1. The molecule has 1 atom stereocenters. The van der Waals surface area contributed by atoms with Gasteiger partial charge in [0.25, 0.3) is 0 Å². The Morgan fingerprint density at radius 1 is 1.44 bits per heavy atom. The van der Waals surface area contributed by atoms with E-state index in [1.807, 2.05) is 6.92 Å². The summed E-state index contributed by atoms with van der Waals surface area (Å²) in [5.74, 6) is 0.895. The second-order valence-electron chi connectivity index (χ2n) is 4.15. The SMILES string of the molecule is Cc1ncc(O)c(C(C)N2CCNCC2)n1. The van der Waals surface area contributed by atoms with Gasteiger partial charge in [-0.15, -0.1) is 0 Å². The van der Waals surface area contributed by atoms with Crippen LogP contribution in [0.4, 0.5) is 0 Å². The minimum Gasteiger partial charge on any atom is -0.504 e. The summed E-state index contributed by atoms with van der Waals surface area (Å²) in [6.07, 6.45) is 1.48. The van der Waals surface area contributed by atoms with Crippen molar-refractivity contribution in [2.75, 3.05) is 26.2 Å². The molecule has 0 bridgehead atoms. The summed E-state index contributed by atoms with van der Waals surface area (Å²) >= 11 is 0. The predicted molar refractivity (Wildman–Crippen MR) is 61.3 cm³/mol. The van der Waals surface area contributed by atoms with Gasteiger partial charge in [-0.2, -0.15) is 0 Å². The first-order valence-electron chi connectivity index (χ1n) is 5.66. The zero-order valence-corrected chi connectivity index (χ0v) is 9.77. The maximum atomic E-state index is 9.77. The van der Waals surface area contributed by atoms with Gasteiger partial charge in [-0.3, -0.25) is 4.90 Å². The van der Waals surface area contributed by atoms with E-state index in [1.54, 1.807) is 0 Å². The zero-order valence-electron chi connectivity index (χ0n) is 9.77. The Bertz CT molecular complexity index is 363. The summed E-state index contributed by atoms with van der Waals surface area (Å²) in [6.45, 7) is 7.89. The molecule has 1 aromatic heterocycles. The van der Waals surface area contributed by atoms with E-state index >= 15 is 0 Å². The molecule has 16 heavy (non-hydrogen) atoms. The molecule has 2 heterocycles. The van der Waals surface area contributed by atoms with Gasteiger partial charge >= 0.3 is 0 Å². The zero-order chi connectivity index (χ0) is 11.5. The molecule has 1 aliphatic rings. The molecular formula is C11H18N4O. The molecule has 0 radical (unpaired) electrons. The van der Waals surface area contributed by atoms with Crippen molar-refractivity contribution in [1.82, 2.24) is 20.2 Å². The Morgan fingerprint density at radius 3 is 2.81 bits per heavy atom. The van der Waals surface area contributed by atoms with Crippen molar-refractivity contribution in [3.8, 4) is 5.75 Å². The summed E-state index contributed by atoms with van der Waals surface area (Å²) < 4.78 is 0.